The van der Waals surface area contributed by atoms with E-state index in [0.29, 0.717) is 13.2 Å². The van der Waals surface area contributed by atoms with Crippen LogP contribution < -0.4 is 10.1 Å². The van der Waals surface area contributed by atoms with Crippen LogP contribution in [-0.4, -0.2) is 51.8 Å². The number of nitrogens with one attached hydrogen (secondary N) is 1. The Labute approximate surface area is 160 Å². The summed E-state index contributed by atoms with van der Waals surface area (Å²) in [5.41, 5.74) is 1.17. The van der Waals surface area contributed by atoms with Gasteiger partial charge in [0.2, 0.25) is 0 Å². The molecule has 0 spiro atoms. The average molecular weight is 376 g/mol. The maximum absolute atomic E-state index is 5.76. The third kappa shape index (κ3) is 7.06. The van der Waals surface area contributed by atoms with Crippen molar-refractivity contribution in [1.82, 2.24) is 10.2 Å². The molecule has 2 aromatic rings. The van der Waals surface area contributed by atoms with Crippen LogP contribution in [0.1, 0.15) is 16.9 Å². The molecular weight excluding hydrogens is 346 g/mol. The number of thiophene rings is 1. The van der Waals surface area contributed by atoms with Crippen molar-refractivity contribution in [2.75, 3.05) is 41.0 Å². The van der Waals surface area contributed by atoms with Gasteiger partial charge in [-0.1, -0.05) is 18.2 Å². The van der Waals surface area contributed by atoms with Crippen LogP contribution >= 0.6 is 11.3 Å². The zero-order valence-electron chi connectivity index (χ0n) is 15.9. The van der Waals surface area contributed by atoms with Crippen molar-refractivity contribution < 1.29 is 9.47 Å². The number of ether oxygens (including phenoxy) is 2. The van der Waals surface area contributed by atoms with E-state index in [4.69, 9.17) is 9.47 Å². The highest BCUT2D eigenvalue weighted by atomic mass is 32.1. The van der Waals surface area contributed by atoms with Crippen molar-refractivity contribution in [3.8, 4) is 5.75 Å². The fraction of sp³-hybridized carbons (Fsp3) is 0.450. The van der Waals surface area contributed by atoms with Crippen molar-refractivity contribution in [2.45, 2.75) is 19.4 Å². The molecule has 0 atom stereocenters. The number of rotatable bonds is 10. The van der Waals surface area contributed by atoms with Gasteiger partial charge < -0.3 is 19.7 Å². The monoisotopic (exact) mass is 375 g/mol. The number of guanidine groups is 1. The van der Waals surface area contributed by atoms with Crippen molar-refractivity contribution in [3.05, 3.63) is 52.2 Å². The predicted octanol–water partition coefficient (Wildman–Crippen LogP) is 3.41. The van der Waals surface area contributed by atoms with E-state index in [-0.39, 0.29) is 0 Å². The van der Waals surface area contributed by atoms with E-state index in [2.05, 4.69) is 51.9 Å². The number of likely N-dealkylation sites (N-methyl/N-ethyl adjacent to an activating group) is 1. The zero-order valence-corrected chi connectivity index (χ0v) is 16.7. The minimum absolute atomic E-state index is 0.665. The molecule has 26 heavy (non-hydrogen) atoms. The molecule has 0 fully saturated rings. The third-order valence-electron chi connectivity index (χ3n) is 3.96. The first kappa shape index (κ1) is 20.3. The van der Waals surface area contributed by atoms with Gasteiger partial charge >= 0.3 is 0 Å². The first-order chi connectivity index (χ1) is 12.7. The molecule has 0 unspecified atom stereocenters. The topological polar surface area (TPSA) is 46.1 Å². The molecule has 1 heterocycles. The second-order valence-electron chi connectivity index (χ2n) is 5.99. The van der Waals surface area contributed by atoms with Crippen LogP contribution in [-0.2, 0) is 17.7 Å². The van der Waals surface area contributed by atoms with Crippen LogP contribution in [0.25, 0.3) is 0 Å². The van der Waals surface area contributed by atoms with Gasteiger partial charge in [0.1, 0.15) is 5.75 Å². The summed E-state index contributed by atoms with van der Waals surface area (Å²) >= 11 is 1.80. The Hall–Kier alpha value is -2.05. The molecular formula is C20H29N3O2S. The first-order valence-electron chi connectivity index (χ1n) is 8.87. The van der Waals surface area contributed by atoms with Gasteiger partial charge in [0.05, 0.1) is 6.61 Å². The first-order valence-corrected chi connectivity index (χ1v) is 9.75. The van der Waals surface area contributed by atoms with Crippen LogP contribution in [0.15, 0.2) is 46.8 Å². The summed E-state index contributed by atoms with van der Waals surface area (Å²) in [5, 5.41) is 5.54. The summed E-state index contributed by atoms with van der Waals surface area (Å²) < 4.78 is 10.8. The lowest BCUT2D eigenvalue weighted by atomic mass is 10.2. The molecule has 142 valence electrons. The summed E-state index contributed by atoms with van der Waals surface area (Å²) in [5.74, 6) is 1.79. The van der Waals surface area contributed by atoms with Crippen LogP contribution in [0.5, 0.6) is 5.75 Å². The highest BCUT2D eigenvalue weighted by Gasteiger charge is 2.07. The van der Waals surface area contributed by atoms with Gasteiger partial charge in [-0.05, 0) is 35.6 Å². The Morgan fingerprint density at radius 1 is 1.23 bits per heavy atom. The maximum Gasteiger partial charge on any atom is 0.193 e. The molecule has 5 nitrogen and oxygen atoms in total. The quantitative estimate of drug-likeness (QED) is 0.393. The Morgan fingerprint density at radius 3 is 2.85 bits per heavy atom. The van der Waals surface area contributed by atoms with Crippen LogP contribution in [0.3, 0.4) is 0 Å². The highest BCUT2D eigenvalue weighted by Crippen LogP contribution is 2.14. The van der Waals surface area contributed by atoms with E-state index in [1.807, 2.05) is 19.2 Å². The van der Waals surface area contributed by atoms with Gasteiger partial charge in [-0.2, -0.15) is 0 Å². The Bertz CT molecular complexity index is 659. The van der Waals surface area contributed by atoms with E-state index in [9.17, 15) is 0 Å². The number of nitrogens with zero attached hydrogens (tertiary/aromatic N) is 2. The Morgan fingerprint density at radius 2 is 2.12 bits per heavy atom. The van der Waals surface area contributed by atoms with E-state index >= 15 is 0 Å². The molecule has 0 aliphatic heterocycles. The lowest BCUT2D eigenvalue weighted by Crippen LogP contribution is -2.39. The maximum atomic E-state index is 5.76. The van der Waals surface area contributed by atoms with Gasteiger partial charge in [0, 0.05) is 52.2 Å². The van der Waals surface area contributed by atoms with Crippen molar-refractivity contribution in [3.63, 3.8) is 0 Å². The summed E-state index contributed by atoms with van der Waals surface area (Å²) in [6.45, 7) is 3.03. The lowest BCUT2D eigenvalue weighted by Gasteiger charge is -2.22. The number of methoxy groups -OCH3 is 1. The van der Waals surface area contributed by atoms with E-state index in [0.717, 1.165) is 37.7 Å². The van der Waals surface area contributed by atoms with Gasteiger partial charge in [-0.25, -0.2) is 0 Å². The number of hydrogen-bond donors (Lipinski definition) is 1. The van der Waals surface area contributed by atoms with Gasteiger partial charge in [-0.3, -0.25) is 4.99 Å². The molecule has 1 aromatic heterocycles. The molecule has 6 heteroatoms. The summed E-state index contributed by atoms with van der Waals surface area (Å²) in [4.78, 5) is 7.94. The molecule has 0 saturated heterocycles. The van der Waals surface area contributed by atoms with Crippen molar-refractivity contribution in [2.24, 2.45) is 4.99 Å². The molecule has 0 amide bonds. The summed E-state index contributed by atoms with van der Waals surface area (Å²) in [6, 6.07) is 12.4. The van der Waals surface area contributed by atoms with Gasteiger partial charge in [-0.15, -0.1) is 11.3 Å². The fourth-order valence-corrected chi connectivity index (χ4v) is 3.24. The minimum atomic E-state index is 0.665. The Balaban J connectivity index is 1.79. The molecule has 1 N–H and O–H groups in total. The second kappa shape index (κ2) is 11.5. The van der Waals surface area contributed by atoms with Crippen LogP contribution in [0.4, 0.5) is 0 Å². The Kier molecular flexibility index (Phi) is 9.00. The SMILES string of the molecule is CN=C(NCc1cccc(OCCCOC)c1)N(C)CCc1cccs1. The second-order valence-corrected chi connectivity index (χ2v) is 7.03. The van der Waals surface area contributed by atoms with Crippen LogP contribution in [0, 0.1) is 0 Å². The standard InChI is InChI=1S/C20H29N3O2S/c1-21-20(23(2)11-10-19-9-5-14-26-19)22-16-17-7-4-8-18(15-17)25-13-6-12-24-3/h4-5,7-9,14-15H,6,10-13,16H2,1-3H3,(H,21,22). The molecule has 1 aromatic carbocycles. The summed E-state index contributed by atoms with van der Waals surface area (Å²) in [6.07, 6.45) is 1.92. The predicted molar refractivity (Wildman–Crippen MR) is 109 cm³/mol. The number of benzene rings is 1. The molecule has 2 rings (SSSR count). The smallest absolute Gasteiger partial charge is 0.193 e. The minimum Gasteiger partial charge on any atom is -0.493 e. The fourth-order valence-electron chi connectivity index (χ4n) is 2.54. The van der Waals surface area contributed by atoms with Crippen LogP contribution in [0.2, 0.25) is 0 Å². The van der Waals surface area contributed by atoms with E-state index in [1.165, 1.54) is 10.4 Å². The normalized spacial score (nSPS) is 11.4. The molecule has 0 aliphatic rings. The van der Waals surface area contributed by atoms with Crippen molar-refractivity contribution >= 4 is 17.3 Å². The van der Waals surface area contributed by atoms with Gasteiger partial charge in [0.15, 0.2) is 5.96 Å². The molecule has 0 radical (unpaired) electrons. The third-order valence-corrected chi connectivity index (χ3v) is 4.89. The number of hydrogen-bond acceptors (Lipinski definition) is 4. The zero-order chi connectivity index (χ0) is 18.6. The van der Waals surface area contributed by atoms with Gasteiger partial charge in [0.25, 0.3) is 0 Å². The lowest BCUT2D eigenvalue weighted by molar-refractivity contribution is 0.172. The molecule has 0 aliphatic carbocycles. The van der Waals surface area contributed by atoms with Crippen molar-refractivity contribution in [1.29, 1.82) is 0 Å². The molecule has 0 saturated carbocycles. The summed E-state index contributed by atoms with van der Waals surface area (Å²) in [7, 11) is 5.59. The average Bonchev–Trinajstić information content (AvgIpc) is 3.18. The largest absolute Gasteiger partial charge is 0.493 e. The van der Waals surface area contributed by atoms with E-state index in [1.54, 1.807) is 18.4 Å². The molecule has 0 bridgehead atoms. The highest BCUT2D eigenvalue weighted by molar-refractivity contribution is 7.09. The number of aliphatic imine (C=N–C) groups is 1. The van der Waals surface area contributed by atoms with E-state index < -0.39 is 0 Å².